The molecule has 0 saturated carbocycles. The summed E-state index contributed by atoms with van der Waals surface area (Å²) in [6.07, 6.45) is 4.34. The Morgan fingerprint density at radius 2 is 1.77 bits per heavy atom. The fourth-order valence-corrected chi connectivity index (χ4v) is 4.45. The van der Waals surface area contributed by atoms with Crippen LogP contribution >= 0.6 is 0 Å². The SMILES string of the molecule is O=[N+]([O-])c1ccccc1CCNCCC1CCN(CC2COc3ccccc3O2)CC1. The smallest absolute Gasteiger partial charge is 0.272 e. The van der Waals surface area contributed by atoms with Crippen LogP contribution in [0.3, 0.4) is 0 Å². The number of hydrogen-bond acceptors (Lipinski definition) is 6. The van der Waals surface area contributed by atoms with Crippen LogP contribution in [0.4, 0.5) is 5.69 Å². The number of para-hydroxylation sites is 3. The van der Waals surface area contributed by atoms with Gasteiger partial charge in [0.05, 0.1) is 4.92 Å². The number of piperidine rings is 1. The maximum absolute atomic E-state index is 11.1. The number of nitrogens with one attached hydrogen (secondary N) is 1. The van der Waals surface area contributed by atoms with Crippen molar-refractivity contribution in [2.45, 2.75) is 31.8 Å². The fourth-order valence-electron chi connectivity index (χ4n) is 4.45. The topological polar surface area (TPSA) is 76.9 Å². The highest BCUT2D eigenvalue weighted by Crippen LogP contribution is 2.31. The molecule has 0 spiro atoms. The summed E-state index contributed by atoms with van der Waals surface area (Å²) < 4.78 is 11.9. The zero-order valence-electron chi connectivity index (χ0n) is 17.9. The number of nitro benzene ring substituents is 1. The van der Waals surface area contributed by atoms with Crippen LogP contribution < -0.4 is 14.8 Å². The third-order valence-electron chi connectivity index (χ3n) is 6.23. The summed E-state index contributed by atoms with van der Waals surface area (Å²) in [4.78, 5) is 13.3. The molecule has 1 fully saturated rings. The van der Waals surface area contributed by atoms with Gasteiger partial charge in [0.1, 0.15) is 12.7 Å². The summed E-state index contributed by atoms with van der Waals surface area (Å²) in [5.41, 5.74) is 1.01. The predicted molar refractivity (Wildman–Crippen MR) is 120 cm³/mol. The van der Waals surface area contributed by atoms with Crippen LogP contribution in [0, 0.1) is 16.0 Å². The van der Waals surface area contributed by atoms with Gasteiger partial charge in [-0.3, -0.25) is 15.0 Å². The van der Waals surface area contributed by atoms with Gasteiger partial charge in [-0.25, -0.2) is 0 Å². The summed E-state index contributed by atoms with van der Waals surface area (Å²) >= 11 is 0. The molecule has 1 unspecified atom stereocenters. The number of hydrogen-bond donors (Lipinski definition) is 1. The van der Waals surface area contributed by atoms with Gasteiger partial charge < -0.3 is 14.8 Å². The lowest BCUT2D eigenvalue weighted by molar-refractivity contribution is -0.385. The first-order chi connectivity index (χ1) is 15.2. The van der Waals surface area contributed by atoms with Crippen LogP contribution in [0.2, 0.25) is 0 Å². The van der Waals surface area contributed by atoms with E-state index >= 15 is 0 Å². The van der Waals surface area contributed by atoms with Crippen molar-refractivity contribution >= 4 is 5.69 Å². The van der Waals surface area contributed by atoms with E-state index in [1.165, 1.54) is 12.8 Å². The first-order valence-corrected chi connectivity index (χ1v) is 11.2. The minimum absolute atomic E-state index is 0.0927. The molecule has 2 aliphatic heterocycles. The molecule has 7 nitrogen and oxygen atoms in total. The molecule has 0 aromatic heterocycles. The third-order valence-corrected chi connectivity index (χ3v) is 6.23. The second-order valence-corrected chi connectivity index (χ2v) is 8.42. The van der Waals surface area contributed by atoms with E-state index in [1.807, 2.05) is 36.4 Å². The molecule has 7 heteroatoms. The Labute approximate surface area is 183 Å². The van der Waals surface area contributed by atoms with Crippen LogP contribution in [0.15, 0.2) is 48.5 Å². The fraction of sp³-hybridized carbons (Fsp3) is 0.500. The zero-order chi connectivity index (χ0) is 21.5. The monoisotopic (exact) mass is 425 g/mol. The molecule has 0 aliphatic carbocycles. The summed E-state index contributed by atoms with van der Waals surface area (Å²) in [6, 6.07) is 14.9. The first kappa shape index (κ1) is 21.6. The van der Waals surface area contributed by atoms with Crippen LogP contribution in [0.25, 0.3) is 0 Å². The molecule has 1 saturated heterocycles. The quantitative estimate of drug-likeness (QED) is 0.375. The van der Waals surface area contributed by atoms with E-state index in [1.54, 1.807) is 12.1 Å². The van der Waals surface area contributed by atoms with E-state index in [0.717, 1.165) is 62.1 Å². The number of ether oxygens (including phenoxy) is 2. The van der Waals surface area contributed by atoms with Crippen molar-refractivity contribution in [3.05, 3.63) is 64.2 Å². The van der Waals surface area contributed by atoms with E-state index < -0.39 is 0 Å². The normalized spacial score (nSPS) is 19.3. The minimum Gasteiger partial charge on any atom is -0.486 e. The van der Waals surface area contributed by atoms with Crippen LogP contribution in [0.5, 0.6) is 11.5 Å². The van der Waals surface area contributed by atoms with Gasteiger partial charge >= 0.3 is 0 Å². The number of rotatable bonds is 9. The van der Waals surface area contributed by atoms with Gasteiger partial charge in [0, 0.05) is 18.2 Å². The predicted octanol–water partition coefficient (Wildman–Crippen LogP) is 3.67. The van der Waals surface area contributed by atoms with Gasteiger partial charge in [0.25, 0.3) is 5.69 Å². The van der Waals surface area contributed by atoms with Crippen molar-refractivity contribution in [3.8, 4) is 11.5 Å². The largest absolute Gasteiger partial charge is 0.486 e. The Hall–Kier alpha value is -2.64. The number of benzene rings is 2. The second-order valence-electron chi connectivity index (χ2n) is 8.42. The zero-order valence-corrected chi connectivity index (χ0v) is 17.9. The maximum Gasteiger partial charge on any atom is 0.272 e. The van der Waals surface area contributed by atoms with Crippen molar-refractivity contribution in [1.82, 2.24) is 10.2 Å². The molecule has 1 atom stereocenters. The van der Waals surface area contributed by atoms with Crippen molar-refractivity contribution in [1.29, 1.82) is 0 Å². The molecule has 2 aromatic rings. The van der Waals surface area contributed by atoms with Gasteiger partial charge in [-0.2, -0.15) is 0 Å². The molecule has 1 N–H and O–H groups in total. The molecular weight excluding hydrogens is 394 g/mol. The Morgan fingerprint density at radius 1 is 1.03 bits per heavy atom. The number of fused-ring (bicyclic) bond motifs is 1. The molecule has 2 heterocycles. The highest BCUT2D eigenvalue weighted by atomic mass is 16.6. The summed E-state index contributed by atoms with van der Waals surface area (Å²) in [5.74, 6) is 2.42. The Balaban J connectivity index is 1.11. The van der Waals surface area contributed by atoms with Gasteiger partial charge in [0.2, 0.25) is 0 Å². The van der Waals surface area contributed by atoms with Crippen molar-refractivity contribution in [2.24, 2.45) is 5.92 Å². The molecule has 166 valence electrons. The lowest BCUT2D eigenvalue weighted by atomic mass is 9.93. The van der Waals surface area contributed by atoms with Gasteiger partial charge in [-0.05, 0) is 69.9 Å². The third kappa shape index (κ3) is 5.95. The summed E-state index contributed by atoms with van der Waals surface area (Å²) in [5, 5.41) is 14.6. The average Bonchev–Trinajstić information content (AvgIpc) is 2.80. The first-order valence-electron chi connectivity index (χ1n) is 11.2. The van der Waals surface area contributed by atoms with Crippen molar-refractivity contribution in [2.75, 3.05) is 39.3 Å². The molecule has 0 bridgehead atoms. The highest BCUT2D eigenvalue weighted by molar-refractivity contribution is 5.41. The molecule has 0 radical (unpaired) electrons. The molecule has 0 amide bonds. The van der Waals surface area contributed by atoms with Gasteiger partial charge in [-0.1, -0.05) is 30.3 Å². The molecular formula is C24H31N3O4. The number of nitrogens with zero attached hydrogens (tertiary/aromatic N) is 2. The lowest BCUT2D eigenvalue weighted by Gasteiger charge is -2.35. The molecule has 2 aliphatic rings. The van der Waals surface area contributed by atoms with Gasteiger partial charge in [-0.15, -0.1) is 0 Å². The van der Waals surface area contributed by atoms with Crippen molar-refractivity contribution in [3.63, 3.8) is 0 Å². The van der Waals surface area contributed by atoms with E-state index in [4.69, 9.17) is 9.47 Å². The molecule has 4 rings (SSSR count). The molecule has 2 aromatic carbocycles. The standard InChI is InChI=1S/C24H31N3O4/c28-27(29)22-6-2-1-5-20(22)10-14-25-13-9-19-11-15-26(16-12-19)17-21-18-30-23-7-3-4-8-24(23)31-21/h1-8,19,21,25H,9-18H2. The van der Waals surface area contributed by atoms with E-state index in [9.17, 15) is 10.1 Å². The Kier molecular flexibility index (Phi) is 7.38. The number of nitro groups is 1. The van der Waals surface area contributed by atoms with E-state index in [0.29, 0.717) is 13.0 Å². The lowest BCUT2D eigenvalue weighted by Crippen LogP contribution is -2.44. The summed E-state index contributed by atoms with van der Waals surface area (Å²) in [7, 11) is 0. The average molecular weight is 426 g/mol. The minimum atomic E-state index is -0.299. The van der Waals surface area contributed by atoms with E-state index in [2.05, 4.69) is 10.2 Å². The van der Waals surface area contributed by atoms with Crippen molar-refractivity contribution < 1.29 is 14.4 Å². The maximum atomic E-state index is 11.1. The number of likely N-dealkylation sites (tertiary alicyclic amines) is 1. The van der Waals surface area contributed by atoms with Crippen LogP contribution in [-0.2, 0) is 6.42 Å². The van der Waals surface area contributed by atoms with Crippen LogP contribution in [-0.4, -0.2) is 55.3 Å². The Bertz CT molecular complexity index is 867. The summed E-state index contributed by atoms with van der Waals surface area (Å²) in [6.45, 7) is 5.45. The Morgan fingerprint density at radius 3 is 2.58 bits per heavy atom. The van der Waals surface area contributed by atoms with Crippen LogP contribution in [0.1, 0.15) is 24.8 Å². The van der Waals surface area contributed by atoms with Gasteiger partial charge in [0.15, 0.2) is 11.5 Å². The second kappa shape index (κ2) is 10.6. The highest BCUT2D eigenvalue weighted by Gasteiger charge is 2.26. The molecule has 31 heavy (non-hydrogen) atoms. The van der Waals surface area contributed by atoms with E-state index in [-0.39, 0.29) is 16.7 Å².